The zero-order chi connectivity index (χ0) is 17.4. The quantitative estimate of drug-likeness (QED) is 0.795. The summed E-state index contributed by atoms with van der Waals surface area (Å²) in [6.45, 7) is 3.95. The normalized spacial score (nSPS) is 10.6. The number of methoxy groups -OCH3 is 2. The number of anilines is 1. The number of urea groups is 1. The maximum atomic E-state index is 12.5. The van der Waals surface area contributed by atoms with Crippen LogP contribution >= 0.6 is 11.3 Å². The van der Waals surface area contributed by atoms with E-state index in [4.69, 9.17) is 9.47 Å². The molecule has 130 valence electrons. The highest BCUT2D eigenvalue weighted by Gasteiger charge is 2.13. The van der Waals surface area contributed by atoms with Gasteiger partial charge in [0.1, 0.15) is 5.01 Å². The molecule has 6 nitrogen and oxygen atoms in total. The SMILES string of the molecule is COCCN(CCOC)C(=O)Nc1cccc(-c2nc(C)cs2)c1. The fourth-order valence-electron chi connectivity index (χ4n) is 2.14. The summed E-state index contributed by atoms with van der Waals surface area (Å²) in [5.41, 5.74) is 2.73. The van der Waals surface area contributed by atoms with Crippen molar-refractivity contribution in [1.29, 1.82) is 0 Å². The van der Waals surface area contributed by atoms with Gasteiger partial charge in [-0.15, -0.1) is 11.3 Å². The van der Waals surface area contributed by atoms with Crippen molar-refractivity contribution in [3.8, 4) is 10.6 Å². The number of ether oxygens (including phenoxy) is 2. The largest absolute Gasteiger partial charge is 0.383 e. The zero-order valence-electron chi connectivity index (χ0n) is 14.2. The first-order valence-electron chi connectivity index (χ1n) is 7.70. The summed E-state index contributed by atoms with van der Waals surface area (Å²) in [5, 5.41) is 5.88. The first kappa shape index (κ1) is 18.4. The molecule has 0 saturated heterocycles. The first-order valence-corrected chi connectivity index (χ1v) is 8.58. The number of aryl methyl sites for hydroxylation is 1. The minimum absolute atomic E-state index is 0.170. The lowest BCUT2D eigenvalue weighted by atomic mass is 10.2. The first-order chi connectivity index (χ1) is 11.6. The Bertz CT molecular complexity index is 652. The van der Waals surface area contributed by atoms with Crippen molar-refractivity contribution in [3.63, 3.8) is 0 Å². The number of aromatic nitrogens is 1. The summed E-state index contributed by atoms with van der Waals surface area (Å²) in [6, 6.07) is 7.53. The standard InChI is InChI=1S/C17H23N3O3S/c1-13-12-24-16(18-13)14-5-4-6-15(11-14)19-17(21)20(7-9-22-2)8-10-23-3/h4-6,11-12H,7-10H2,1-3H3,(H,19,21). The number of nitrogens with zero attached hydrogens (tertiary/aromatic N) is 2. The van der Waals surface area contributed by atoms with Gasteiger partial charge < -0.3 is 19.7 Å². The van der Waals surface area contributed by atoms with Crippen LogP contribution in [0.5, 0.6) is 0 Å². The van der Waals surface area contributed by atoms with Crippen molar-refractivity contribution in [2.24, 2.45) is 0 Å². The van der Waals surface area contributed by atoms with Gasteiger partial charge in [0.25, 0.3) is 0 Å². The number of thiazole rings is 1. The molecule has 2 amide bonds. The summed E-state index contributed by atoms with van der Waals surface area (Å²) in [6.07, 6.45) is 0. The van der Waals surface area contributed by atoms with Crippen LogP contribution in [-0.4, -0.2) is 56.4 Å². The second-order valence-corrected chi connectivity index (χ2v) is 6.14. The summed E-state index contributed by atoms with van der Waals surface area (Å²) >= 11 is 1.59. The molecule has 0 saturated carbocycles. The van der Waals surface area contributed by atoms with Crippen LogP contribution in [0.15, 0.2) is 29.6 Å². The second kappa shape index (κ2) is 9.36. The lowest BCUT2D eigenvalue weighted by Crippen LogP contribution is -2.39. The molecule has 0 unspecified atom stereocenters. The van der Waals surface area contributed by atoms with Crippen molar-refractivity contribution < 1.29 is 14.3 Å². The Hall–Kier alpha value is -1.96. The monoisotopic (exact) mass is 349 g/mol. The highest BCUT2D eigenvalue weighted by Crippen LogP contribution is 2.25. The molecule has 0 aliphatic heterocycles. The fourth-order valence-corrected chi connectivity index (χ4v) is 2.93. The molecule has 1 aromatic heterocycles. The van der Waals surface area contributed by atoms with E-state index >= 15 is 0 Å². The van der Waals surface area contributed by atoms with Crippen LogP contribution in [0, 0.1) is 6.92 Å². The van der Waals surface area contributed by atoms with Crippen molar-refractivity contribution >= 4 is 23.1 Å². The van der Waals surface area contributed by atoms with E-state index in [9.17, 15) is 4.79 Å². The summed E-state index contributed by atoms with van der Waals surface area (Å²) in [5.74, 6) is 0. The second-order valence-electron chi connectivity index (χ2n) is 5.28. The van der Waals surface area contributed by atoms with Gasteiger partial charge in [-0.3, -0.25) is 0 Å². The van der Waals surface area contributed by atoms with E-state index in [0.717, 1.165) is 22.0 Å². The number of carbonyl (C=O) groups excluding carboxylic acids is 1. The molecule has 0 aliphatic rings. The maximum absolute atomic E-state index is 12.5. The zero-order valence-corrected chi connectivity index (χ0v) is 15.1. The van der Waals surface area contributed by atoms with Crippen LogP contribution in [-0.2, 0) is 9.47 Å². The number of nitrogens with one attached hydrogen (secondary N) is 1. The molecule has 0 bridgehead atoms. The molecule has 1 N–H and O–H groups in total. The number of hydrogen-bond acceptors (Lipinski definition) is 5. The van der Waals surface area contributed by atoms with E-state index in [-0.39, 0.29) is 6.03 Å². The van der Waals surface area contributed by atoms with E-state index < -0.39 is 0 Å². The third kappa shape index (κ3) is 5.30. The topological polar surface area (TPSA) is 63.7 Å². The van der Waals surface area contributed by atoms with Crippen LogP contribution in [0.3, 0.4) is 0 Å². The van der Waals surface area contributed by atoms with Gasteiger partial charge in [0, 0.05) is 49.6 Å². The summed E-state index contributed by atoms with van der Waals surface area (Å²) < 4.78 is 10.1. The van der Waals surface area contributed by atoms with Crippen molar-refractivity contribution in [2.45, 2.75) is 6.92 Å². The number of rotatable bonds is 8. The molecule has 1 heterocycles. The minimum atomic E-state index is -0.170. The van der Waals surface area contributed by atoms with Crippen molar-refractivity contribution in [2.75, 3.05) is 45.8 Å². The van der Waals surface area contributed by atoms with Gasteiger partial charge in [0.05, 0.1) is 13.2 Å². The number of amides is 2. The molecule has 7 heteroatoms. The number of hydrogen-bond donors (Lipinski definition) is 1. The van der Waals surface area contributed by atoms with Gasteiger partial charge in [0.2, 0.25) is 0 Å². The van der Waals surface area contributed by atoms with Crippen LogP contribution in [0.25, 0.3) is 10.6 Å². The van der Waals surface area contributed by atoms with Gasteiger partial charge in [0.15, 0.2) is 0 Å². The smallest absolute Gasteiger partial charge is 0.321 e. The van der Waals surface area contributed by atoms with Gasteiger partial charge >= 0.3 is 6.03 Å². The molecular weight excluding hydrogens is 326 g/mol. The Kier molecular flexibility index (Phi) is 7.17. The van der Waals surface area contributed by atoms with Gasteiger partial charge in [-0.05, 0) is 19.1 Å². The Morgan fingerprint density at radius 3 is 2.54 bits per heavy atom. The van der Waals surface area contributed by atoms with Crippen LogP contribution in [0.4, 0.5) is 10.5 Å². The van der Waals surface area contributed by atoms with Crippen LogP contribution in [0.2, 0.25) is 0 Å². The predicted molar refractivity (Wildman–Crippen MR) is 96.6 cm³/mol. The predicted octanol–water partition coefficient (Wildman–Crippen LogP) is 3.25. The third-order valence-corrected chi connectivity index (χ3v) is 4.41. The van der Waals surface area contributed by atoms with E-state index in [0.29, 0.717) is 26.3 Å². The van der Waals surface area contributed by atoms with Gasteiger partial charge in [-0.2, -0.15) is 0 Å². The molecule has 0 fully saturated rings. The van der Waals surface area contributed by atoms with Crippen molar-refractivity contribution in [3.05, 3.63) is 35.3 Å². The Labute approximate surface area is 146 Å². The highest BCUT2D eigenvalue weighted by molar-refractivity contribution is 7.13. The van der Waals surface area contributed by atoms with Crippen LogP contribution < -0.4 is 5.32 Å². The highest BCUT2D eigenvalue weighted by atomic mass is 32.1. The minimum Gasteiger partial charge on any atom is -0.383 e. The number of carbonyl (C=O) groups is 1. The molecule has 1 aromatic carbocycles. The lowest BCUT2D eigenvalue weighted by molar-refractivity contribution is 0.127. The van der Waals surface area contributed by atoms with E-state index in [1.807, 2.05) is 36.6 Å². The molecule has 0 radical (unpaired) electrons. The van der Waals surface area contributed by atoms with E-state index in [1.165, 1.54) is 0 Å². The maximum Gasteiger partial charge on any atom is 0.321 e. The molecule has 2 aromatic rings. The van der Waals surface area contributed by atoms with Crippen LogP contribution in [0.1, 0.15) is 5.69 Å². The number of benzene rings is 1. The lowest BCUT2D eigenvalue weighted by Gasteiger charge is -2.22. The third-order valence-electron chi connectivity index (χ3n) is 3.40. The average molecular weight is 349 g/mol. The van der Waals surface area contributed by atoms with E-state index in [2.05, 4.69) is 10.3 Å². The summed E-state index contributed by atoms with van der Waals surface area (Å²) in [4.78, 5) is 18.6. The Morgan fingerprint density at radius 2 is 1.96 bits per heavy atom. The molecule has 2 rings (SSSR count). The van der Waals surface area contributed by atoms with Gasteiger partial charge in [-0.1, -0.05) is 12.1 Å². The molecular formula is C17H23N3O3S. The molecule has 0 aliphatic carbocycles. The van der Waals surface area contributed by atoms with E-state index in [1.54, 1.807) is 30.5 Å². The Balaban J connectivity index is 2.06. The summed E-state index contributed by atoms with van der Waals surface area (Å²) in [7, 11) is 3.23. The molecule has 24 heavy (non-hydrogen) atoms. The van der Waals surface area contributed by atoms with Gasteiger partial charge in [-0.25, -0.2) is 9.78 Å². The fraction of sp³-hybridized carbons (Fsp3) is 0.412. The average Bonchev–Trinajstić information content (AvgIpc) is 3.01. The van der Waals surface area contributed by atoms with Crippen molar-refractivity contribution in [1.82, 2.24) is 9.88 Å². The molecule has 0 atom stereocenters. The Morgan fingerprint density at radius 1 is 1.25 bits per heavy atom. The molecule has 0 spiro atoms.